The van der Waals surface area contributed by atoms with Crippen molar-refractivity contribution >= 4 is 30.5 Å². The van der Waals surface area contributed by atoms with Gasteiger partial charge in [0.15, 0.2) is 0 Å². The van der Waals surface area contributed by atoms with Crippen molar-refractivity contribution in [2.75, 3.05) is 18.0 Å². The lowest BCUT2D eigenvalue weighted by Crippen LogP contribution is -2.55. The number of hydrogen-bond acceptors (Lipinski definition) is 8. The molecular formula is C28H46BN5O5. The number of aromatic nitrogens is 2. The van der Waals surface area contributed by atoms with Gasteiger partial charge >= 0.3 is 13.2 Å². The molecule has 2 saturated heterocycles. The zero-order valence-electron chi connectivity index (χ0n) is 25.1. The van der Waals surface area contributed by atoms with Crippen LogP contribution in [0.5, 0.6) is 0 Å². The van der Waals surface area contributed by atoms with Crippen LogP contribution in [0.3, 0.4) is 0 Å². The van der Waals surface area contributed by atoms with E-state index in [4.69, 9.17) is 24.0 Å². The van der Waals surface area contributed by atoms with Crippen molar-refractivity contribution in [1.29, 1.82) is 0 Å². The van der Waals surface area contributed by atoms with Crippen LogP contribution in [-0.4, -0.2) is 82.0 Å². The zero-order valence-corrected chi connectivity index (χ0v) is 25.1. The normalized spacial score (nSPS) is 23.2. The summed E-state index contributed by atoms with van der Waals surface area (Å²) in [4.78, 5) is 39.7. The van der Waals surface area contributed by atoms with Crippen LogP contribution in [0.2, 0.25) is 0 Å². The largest absolute Gasteiger partial charge is 0.498 e. The molecule has 2 amide bonds. The first-order valence-corrected chi connectivity index (χ1v) is 14.3. The fourth-order valence-electron chi connectivity index (χ4n) is 5.03. The molecule has 39 heavy (non-hydrogen) atoms. The maximum atomic E-state index is 13.7. The number of likely N-dealkylation sites (tertiary alicyclic amines) is 1. The van der Waals surface area contributed by atoms with Gasteiger partial charge in [-0.25, -0.2) is 14.8 Å². The fraction of sp³-hybridized carbons (Fsp3) is 0.786. The third kappa shape index (κ3) is 6.85. The van der Waals surface area contributed by atoms with Crippen LogP contribution in [0.15, 0.2) is 12.4 Å². The Kier molecular flexibility index (Phi) is 8.25. The molecule has 0 bridgehead atoms. The van der Waals surface area contributed by atoms with E-state index >= 15 is 0 Å². The first-order valence-electron chi connectivity index (χ1n) is 14.3. The molecule has 3 aliphatic rings. The second kappa shape index (κ2) is 10.9. The van der Waals surface area contributed by atoms with E-state index in [1.807, 2.05) is 67.2 Å². The molecule has 2 aliphatic heterocycles. The lowest BCUT2D eigenvalue weighted by molar-refractivity contribution is -0.135. The summed E-state index contributed by atoms with van der Waals surface area (Å²) in [5, 5.41) is 2.82. The highest BCUT2D eigenvalue weighted by molar-refractivity contribution is 6.61. The van der Waals surface area contributed by atoms with Gasteiger partial charge in [-0.15, -0.1) is 0 Å². The Hall–Kier alpha value is -2.40. The molecule has 0 radical (unpaired) electrons. The van der Waals surface area contributed by atoms with Gasteiger partial charge < -0.3 is 29.2 Å². The lowest BCUT2D eigenvalue weighted by atomic mass is 9.81. The highest BCUT2D eigenvalue weighted by Gasteiger charge is 2.52. The molecular weight excluding hydrogens is 497 g/mol. The lowest BCUT2D eigenvalue weighted by Gasteiger charge is -2.34. The maximum Gasteiger partial charge on any atom is 0.498 e. The number of ether oxygens (including phenoxy) is 1. The highest BCUT2D eigenvalue weighted by atomic mass is 16.7. The van der Waals surface area contributed by atoms with Gasteiger partial charge in [0.1, 0.15) is 11.6 Å². The molecule has 3 fully saturated rings. The number of carbonyl (C=O) groups excluding carboxylic acids is 2. The highest BCUT2D eigenvalue weighted by Crippen LogP contribution is 2.37. The number of amides is 2. The summed E-state index contributed by atoms with van der Waals surface area (Å²) in [7, 11) is -0.508. The van der Waals surface area contributed by atoms with E-state index in [0.29, 0.717) is 25.1 Å². The summed E-state index contributed by atoms with van der Waals surface area (Å²) in [5.41, 5.74) is -0.700. The Labute approximate surface area is 233 Å². The monoisotopic (exact) mass is 543 g/mol. The summed E-state index contributed by atoms with van der Waals surface area (Å²) < 4.78 is 17.7. The number of nitrogens with one attached hydrogen (secondary N) is 1. The summed E-state index contributed by atoms with van der Waals surface area (Å²) in [5.74, 6) is 0.521. The van der Waals surface area contributed by atoms with E-state index in [-0.39, 0.29) is 17.9 Å². The first-order chi connectivity index (χ1) is 18.1. The van der Waals surface area contributed by atoms with Crippen molar-refractivity contribution in [3.8, 4) is 0 Å². The van der Waals surface area contributed by atoms with Crippen LogP contribution >= 0.6 is 0 Å². The molecule has 4 rings (SSSR count). The molecule has 0 unspecified atom stereocenters. The second-order valence-electron chi connectivity index (χ2n) is 13.5. The van der Waals surface area contributed by atoms with Gasteiger partial charge in [0.2, 0.25) is 11.9 Å². The Morgan fingerprint density at radius 3 is 2.23 bits per heavy atom. The number of carbonyl (C=O) groups is 2. The minimum atomic E-state index is -0.648. The molecule has 1 N–H and O–H groups in total. The molecule has 0 spiro atoms. The van der Waals surface area contributed by atoms with Gasteiger partial charge in [0, 0.05) is 43.0 Å². The third-order valence-corrected chi connectivity index (χ3v) is 8.10. The van der Waals surface area contributed by atoms with Gasteiger partial charge in [-0.2, -0.15) is 0 Å². The summed E-state index contributed by atoms with van der Waals surface area (Å²) in [6, 6.07) is -0.262. The van der Waals surface area contributed by atoms with Crippen molar-refractivity contribution in [2.45, 2.75) is 123 Å². The van der Waals surface area contributed by atoms with Crippen LogP contribution in [0.25, 0.3) is 0 Å². The number of hydrogen-bond donors (Lipinski definition) is 1. The summed E-state index contributed by atoms with van der Waals surface area (Å²) in [6.07, 6.45) is 7.00. The summed E-state index contributed by atoms with van der Waals surface area (Å²) >= 11 is 0. The second-order valence-corrected chi connectivity index (χ2v) is 13.5. The SMILES string of the molecule is CC(C)[C@@H](NC(=O)OC(C)(C)C)C(=O)N1CCC[C@H]1CN(c1ncc(B2OC(C)(C)C(C)(C)O2)cn1)C1CC1. The number of nitrogens with zero attached hydrogens (tertiary/aromatic N) is 4. The number of rotatable bonds is 8. The molecule has 216 valence electrons. The van der Waals surface area contributed by atoms with E-state index in [1.54, 1.807) is 12.4 Å². The average Bonchev–Trinajstić information content (AvgIpc) is 3.50. The molecule has 0 aromatic carbocycles. The summed E-state index contributed by atoms with van der Waals surface area (Å²) in [6.45, 7) is 18.7. The first kappa shape index (κ1) is 29.6. The topological polar surface area (TPSA) is 106 Å². The van der Waals surface area contributed by atoms with Crippen molar-refractivity contribution in [3.05, 3.63) is 12.4 Å². The van der Waals surface area contributed by atoms with Crippen LogP contribution < -0.4 is 15.7 Å². The quantitative estimate of drug-likeness (QED) is 0.498. The van der Waals surface area contributed by atoms with Gasteiger partial charge in [-0.3, -0.25) is 4.79 Å². The number of anilines is 1. The standard InChI is InChI=1S/C28H46BN5O5/c1-18(2)22(32-25(36)37-26(3,4)5)23(35)33-14-10-11-21(33)17-34(20-12-13-20)24-30-15-19(16-31-24)29-38-27(6,7)28(8,9)39-29/h15-16,18,20-22H,10-14,17H2,1-9H3,(H,32,36)/t21-,22+/m0/s1. The predicted octanol–water partition coefficient (Wildman–Crippen LogP) is 3.28. The zero-order chi connectivity index (χ0) is 28.8. The smallest absolute Gasteiger partial charge is 0.444 e. The Morgan fingerprint density at radius 2 is 1.72 bits per heavy atom. The molecule has 3 heterocycles. The van der Waals surface area contributed by atoms with Crippen LogP contribution in [0.1, 0.15) is 88.0 Å². The third-order valence-electron chi connectivity index (χ3n) is 8.10. The molecule has 10 nitrogen and oxygen atoms in total. The molecule has 1 aromatic heterocycles. The van der Waals surface area contributed by atoms with Crippen molar-refractivity contribution in [1.82, 2.24) is 20.2 Å². The van der Waals surface area contributed by atoms with Crippen LogP contribution in [0, 0.1) is 5.92 Å². The van der Waals surface area contributed by atoms with Crippen molar-refractivity contribution in [3.63, 3.8) is 0 Å². The number of alkyl carbamates (subject to hydrolysis) is 1. The van der Waals surface area contributed by atoms with Crippen LogP contribution in [-0.2, 0) is 18.8 Å². The Balaban J connectivity index is 1.44. The van der Waals surface area contributed by atoms with Gasteiger partial charge in [-0.05, 0) is 80.1 Å². The minimum Gasteiger partial charge on any atom is -0.444 e. The molecule has 1 aliphatic carbocycles. The van der Waals surface area contributed by atoms with Crippen molar-refractivity contribution in [2.24, 2.45) is 5.92 Å². The maximum absolute atomic E-state index is 13.7. The molecule has 1 aromatic rings. The van der Waals surface area contributed by atoms with Gasteiger partial charge in [0.05, 0.1) is 11.2 Å². The van der Waals surface area contributed by atoms with E-state index in [2.05, 4.69) is 10.2 Å². The van der Waals surface area contributed by atoms with Gasteiger partial charge in [-0.1, -0.05) is 13.8 Å². The van der Waals surface area contributed by atoms with E-state index < -0.39 is 36.1 Å². The Bertz CT molecular complexity index is 1020. The van der Waals surface area contributed by atoms with Crippen LogP contribution in [0.4, 0.5) is 10.7 Å². The van der Waals surface area contributed by atoms with Crippen molar-refractivity contribution < 1.29 is 23.6 Å². The predicted molar refractivity (Wildman–Crippen MR) is 151 cm³/mol. The molecule has 2 atom stereocenters. The van der Waals surface area contributed by atoms with E-state index in [9.17, 15) is 9.59 Å². The Morgan fingerprint density at radius 1 is 1.13 bits per heavy atom. The average molecular weight is 544 g/mol. The molecule has 11 heteroatoms. The van der Waals surface area contributed by atoms with E-state index in [1.165, 1.54) is 0 Å². The minimum absolute atomic E-state index is 0.0196. The van der Waals surface area contributed by atoms with Gasteiger partial charge in [0.25, 0.3) is 0 Å². The molecule has 1 saturated carbocycles. The van der Waals surface area contributed by atoms with E-state index in [0.717, 1.165) is 31.1 Å². The fourth-order valence-corrected chi connectivity index (χ4v) is 5.03.